The minimum Gasteiger partial charge on any atom is -0.494 e. The van der Waals surface area contributed by atoms with E-state index in [0.717, 1.165) is 36.3 Å². The molecule has 0 spiro atoms. The zero-order valence-corrected chi connectivity index (χ0v) is 15.2. The smallest absolute Gasteiger partial charge is 0.229 e. The van der Waals surface area contributed by atoms with Crippen LogP contribution in [0.2, 0.25) is 0 Å². The van der Waals surface area contributed by atoms with Gasteiger partial charge in [-0.1, -0.05) is 0 Å². The molecule has 1 saturated carbocycles. The van der Waals surface area contributed by atoms with E-state index in [0.29, 0.717) is 11.7 Å². The fraction of sp³-hybridized carbons (Fsp3) is 0.412. The topological polar surface area (TPSA) is 77.2 Å². The van der Waals surface area contributed by atoms with Crippen LogP contribution in [0.25, 0.3) is 11.3 Å². The van der Waals surface area contributed by atoms with Gasteiger partial charge in [0.05, 0.1) is 12.3 Å². The summed E-state index contributed by atoms with van der Waals surface area (Å²) in [7, 11) is 0. The molecule has 3 rings (SSSR count). The maximum absolute atomic E-state index is 12.2. The van der Waals surface area contributed by atoms with Crippen LogP contribution in [0.3, 0.4) is 0 Å². The minimum absolute atomic E-state index is 0. The molecule has 0 saturated heterocycles. The summed E-state index contributed by atoms with van der Waals surface area (Å²) in [5.41, 5.74) is 7.73. The molecule has 1 aliphatic rings. The van der Waals surface area contributed by atoms with Gasteiger partial charge in [0.15, 0.2) is 5.13 Å². The summed E-state index contributed by atoms with van der Waals surface area (Å²) in [6.45, 7) is 2.61. The quantitative estimate of drug-likeness (QED) is 0.844. The molecule has 2 aromatic rings. The highest BCUT2D eigenvalue weighted by atomic mass is 35.5. The van der Waals surface area contributed by atoms with Gasteiger partial charge in [-0.3, -0.25) is 4.79 Å². The Kier molecular flexibility index (Phi) is 6.60. The highest BCUT2D eigenvalue weighted by molar-refractivity contribution is 7.14. The SMILES string of the molecule is CCOc1ccc(-c2csc(NC(=O)C3CCC(N)C3)n2)cc1.Cl. The molecule has 5 nitrogen and oxygen atoms in total. The van der Waals surface area contributed by atoms with Gasteiger partial charge < -0.3 is 15.8 Å². The minimum atomic E-state index is 0. The van der Waals surface area contributed by atoms with Crippen LogP contribution in [0.15, 0.2) is 29.6 Å². The van der Waals surface area contributed by atoms with Gasteiger partial charge in [0.25, 0.3) is 0 Å². The number of rotatable bonds is 5. The number of halogens is 1. The average Bonchev–Trinajstić information content (AvgIpc) is 3.18. The molecule has 24 heavy (non-hydrogen) atoms. The first-order valence-electron chi connectivity index (χ1n) is 7.91. The molecule has 1 amide bonds. The van der Waals surface area contributed by atoms with Crippen molar-refractivity contribution >= 4 is 34.8 Å². The van der Waals surface area contributed by atoms with E-state index in [1.807, 2.05) is 36.6 Å². The lowest BCUT2D eigenvalue weighted by atomic mass is 10.1. The second-order valence-corrected chi connectivity index (χ2v) is 6.61. The summed E-state index contributed by atoms with van der Waals surface area (Å²) in [6.07, 6.45) is 2.56. The number of thiazole rings is 1. The van der Waals surface area contributed by atoms with Crippen LogP contribution >= 0.6 is 23.7 Å². The van der Waals surface area contributed by atoms with Crippen molar-refractivity contribution < 1.29 is 9.53 Å². The summed E-state index contributed by atoms with van der Waals surface area (Å²) < 4.78 is 5.44. The summed E-state index contributed by atoms with van der Waals surface area (Å²) in [5, 5.41) is 5.50. The number of aromatic nitrogens is 1. The molecule has 3 N–H and O–H groups in total. The summed E-state index contributed by atoms with van der Waals surface area (Å²) in [6, 6.07) is 7.96. The molecule has 2 unspecified atom stereocenters. The predicted molar refractivity (Wildman–Crippen MR) is 99.9 cm³/mol. The fourth-order valence-electron chi connectivity index (χ4n) is 2.81. The number of amides is 1. The predicted octanol–water partition coefficient (Wildman–Crippen LogP) is 3.70. The second-order valence-electron chi connectivity index (χ2n) is 5.75. The van der Waals surface area contributed by atoms with Crippen molar-refractivity contribution in [2.24, 2.45) is 11.7 Å². The molecule has 1 heterocycles. The lowest BCUT2D eigenvalue weighted by molar-refractivity contribution is -0.119. The van der Waals surface area contributed by atoms with Gasteiger partial charge in [0, 0.05) is 22.9 Å². The van der Waals surface area contributed by atoms with Gasteiger partial charge in [-0.2, -0.15) is 0 Å². The zero-order valence-electron chi connectivity index (χ0n) is 13.5. The van der Waals surface area contributed by atoms with Crippen LogP contribution in [0, 0.1) is 5.92 Å². The zero-order chi connectivity index (χ0) is 16.2. The van der Waals surface area contributed by atoms with E-state index in [-0.39, 0.29) is 30.3 Å². The normalized spacial score (nSPS) is 19.6. The first-order chi connectivity index (χ1) is 11.2. The van der Waals surface area contributed by atoms with Crippen LogP contribution < -0.4 is 15.8 Å². The van der Waals surface area contributed by atoms with Crippen molar-refractivity contribution in [2.45, 2.75) is 32.2 Å². The summed E-state index contributed by atoms with van der Waals surface area (Å²) in [4.78, 5) is 16.7. The van der Waals surface area contributed by atoms with Crippen molar-refractivity contribution in [1.82, 2.24) is 4.98 Å². The molecule has 0 bridgehead atoms. The number of hydrogen-bond donors (Lipinski definition) is 2. The maximum atomic E-state index is 12.2. The summed E-state index contributed by atoms with van der Waals surface area (Å²) >= 11 is 1.44. The van der Waals surface area contributed by atoms with E-state index in [1.165, 1.54) is 11.3 Å². The van der Waals surface area contributed by atoms with Crippen LogP contribution in [-0.4, -0.2) is 23.5 Å². The Morgan fingerprint density at radius 1 is 1.38 bits per heavy atom. The van der Waals surface area contributed by atoms with Crippen molar-refractivity contribution in [3.8, 4) is 17.0 Å². The van der Waals surface area contributed by atoms with Crippen molar-refractivity contribution in [1.29, 1.82) is 0 Å². The third-order valence-electron chi connectivity index (χ3n) is 4.04. The van der Waals surface area contributed by atoms with Gasteiger partial charge >= 0.3 is 0 Å². The first kappa shape index (κ1) is 18.7. The largest absolute Gasteiger partial charge is 0.494 e. The number of nitrogens with one attached hydrogen (secondary N) is 1. The molecule has 0 aliphatic heterocycles. The van der Waals surface area contributed by atoms with E-state index < -0.39 is 0 Å². The molecule has 1 aromatic carbocycles. The molecule has 1 aromatic heterocycles. The van der Waals surface area contributed by atoms with Crippen LogP contribution in [0.4, 0.5) is 5.13 Å². The Bertz CT molecular complexity index is 675. The standard InChI is InChI=1S/C17H21N3O2S.ClH/c1-2-22-14-7-4-11(5-8-14)15-10-23-17(19-15)20-16(21)12-3-6-13(18)9-12;/h4-5,7-8,10,12-13H,2-3,6,9,18H2,1H3,(H,19,20,21);1H. The van der Waals surface area contributed by atoms with Crippen LogP contribution in [0.5, 0.6) is 5.75 Å². The second kappa shape index (κ2) is 8.46. The Hall–Kier alpha value is -1.63. The number of carbonyl (C=O) groups excluding carboxylic acids is 1. The molecular formula is C17H22ClN3O2S. The Morgan fingerprint density at radius 3 is 2.75 bits per heavy atom. The van der Waals surface area contributed by atoms with Crippen molar-refractivity contribution in [3.63, 3.8) is 0 Å². The molecular weight excluding hydrogens is 346 g/mol. The number of benzene rings is 1. The number of ether oxygens (including phenoxy) is 1. The molecule has 1 aliphatic carbocycles. The van der Waals surface area contributed by atoms with E-state index in [1.54, 1.807) is 0 Å². The number of nitrogens with two attached hydrogens (primary N) is 1. The molecule has 0 radical (unpaired) electrons. The number of anilines is 1. The van der Waals surface area contributed by atoms with Gasteiger partial charge in [-0.15, -0.1) is 23.7 Å². The van der Waals surface area contributed by atoms with Gasteiger partial charge in [0.1, 0.15) is 5.75 Å². The van der Waals surface area contributed by atoms with Crippen molar-refractivity contribution in [3.05, 3.63) is 29.6 Å². The highest BCUT2D eigenvalue weighted by Crippen LogP contribution is 2.29. The average molecular weight is 368 g/mol. The lowest BCUT2D eigenvalue weighted by Crippen LogP contribution is -2.23. The molecule has 130 valence electrons. The van der Waals surface area contributed by atoms with E-state index >= 15 is 0 Å². The van der Waals surface area contributed by atoms with Crippen molar-refractivity contribution in [2.75, 3.05) is 11.9 Å². The summed E-state index contributed by atoms with van der Waals surface area (Å²) in [5.74, 6) is 0.894. The maximum Gasteiger partial charge on any atom is 0.229 e. The van der Waals surface area contributed by atoms with Gasteiger partial charge in [-0.25, -0.2) is 4.98 Å². The van der Waals surface area contributed by atoms with Crippen LogP contribution in [0.1, 0.15) is 26.2 Å². The third-order valence-corrected chi connectivity index (χ3v) is 4.80. The lowest BCUT2D eigenvalue weighted by Gasteiger charge is -2.08. The Labute approximate surface area is 152 Å². The first-order valence-corrected chi connectivity index (χ1v) is 8.79. The Morgan fingerprint density at radius 2 is 2.12 bits per heavy atom. The highest BCUT2D eigenvalue weighted by Gasteiger charge is 2.28. The van der Waals surface area contributed by atoms with E-state index in [4.69, 9.17) is 10.5 Å². The number of hydrogen-bond acceptors (Lipinski definition) is 5. The molecule has 2 atom stereocenters. The molecule has 1 fully saturated rings. The Balaban J connectivity index is 0.00000208. The monoisotopic (exact) mass is 367 g/mol. The van der Waals surface area contributed by atoms with E-state index in [9.17, 15) is 4.79 Å². The number of carbonyl (C=O) groups is 1. The van der Waals surface area contributed by atoms with E-state index in [2.05, 4.69) is 10.3 Å². The molecule has 7 heteroatoms. The van der Waals surface area contributed by atoms with Gasteiger partial charge in [-0.05, 0) is 50.5 Å². The fourth-order valence-corrected chi connectivity index (χ4v) is 3.54. The number of nitrogens with zero attached hydrogens (tertiary/aromatic N) is 1. The third kappa shape index (κ3) is 4.47. The van der Waals surface area contributed by atoms with Gasteiger partial charge in [0.2, 0.25) is 5.91 Å². The van der Waals surface area contributed by atoms with Crippen LogP contribution in [-0.2, 0) is 4.79 Å².